The van der Waals surface area contributed by atoms with Gasteiger partial charge in [0.2, 0.25) is 0 Å². The van der Waals surface area contributed by atoms with E-state index in [1.165, 1.54) is 0 Å². The van der Waals surface area contributed by atoms with E-state index in [2.05, 4.69) is 0 Å². The van der Waals surface area contributed by atoms with Crippen LogP contribution >= 0.6 is 0 Å². The maximum atomic E-state index is 11.2. The molecule has 0 saturated heterocycles. The molecule has 3 nitrogen and oxygen atoms in total. The van der Waals surface area contributed by atoms with Crippen LogP contribution in [-0.2, 0) is 4.79 Å². The summed E-state index contributed by atoms with van der Waals surface area (Å²) < 4.78 is 0. The lowest BCUT2D eigenvalue weighted by molar-refractivity contribution is -0.148. The van der Waals surface area contributed by atoms with Crippen LogP contribution < -0.4 is 0 Å². The highest BCUT2D eigenvalue weighted by Gasteiger charge is 2.32. The van der Waals surface area contributed by atoms with Gasteiger partial charge in [0, 0.05) is 0 Å². The van der Waals surface area contributed by atoms with Crippen LogP contribution in [0.5, 0.6) is 0 Å². The van der Waals surface area contributed by atoms with E-state index >= 15 is 0 Å². The van der Waals surface area contributed by atoms with Crippen molar-refractivity contribution in [3.05, 3.63) is 34.9 Å². The number of aliphatic hydroxyl groups is 1. The molecule has 2 atom stereocenters. The largest absolute Gasteiger partial charge is 0.481 e. The van der Waals surface area contributed by atoms with Crippen molar-refractivity contribution in [2.24, 2.45) is 11.8 Å². The fraction of sp³-hybridized carbons (Fsp3) is 0.500. The third-order valence-corrected chi connectivity index (χ3v) is 3.18. The molecular weight excluding hydrogens is 216 g/mol. The minimum atomic E-state index is -0.950. The Kier molecular flexibility index (Phi) is 4.29. The average Bonchev–Trinajstić information content (AvgIpc) is 2.15. The molecule has 0 spiro atoms. The van der Waals surface area contributed by atoms with Gasteiger partial charge in [-0.3, -0.25) is 4.79 Å². The van der Waals surface area contributed by atoms with Crippen LogP contribution in [0.2, 0.25) is 0 Å². The minimum absolute atomic E-state index is 0.110. The maximum absolute atomic E-state index is 11.2. The zero-order valence-corrected chi connectivity index (χ0v) is 10.8. The first-order chi connectivity index (χ1) is 7.86. The van der Waals surface area contributed by atoms with Crippen molar-refractivity contribution >= 4 is 5.97 Å². The lowest BCUT2D eigenvalue weighted by atomic mass is 9.83. The van der Waals surface area contributed by atoms with E-state index in [-0.39, 0.29) is 5.92 Å². The number of hydrogen-bond acceptors (Lipinski definition) is 2. The summed E-state index contributed by atoms with van der Waals surface area (Å²) in [6.45, 7) is 7.42. The molecule has 0 bridgehead atoms. The highest BCUT2D eigenvalue weighted by molar-refractivity contribution is 5.71. The van der Waals surface area contributed by atoms with Gasteiger partial charge >= 0.3 is 5.97 Å². The van der Waals surface area contributed by atoms with Crippen molar-refractivity contribution in [1.82, 2.24) is 0 Å². The fourth-order valence-corrected chi connectivity index (χ4v) is 2.26. The smallest absolute Gasteiger partial charge is 0.309 e. The van der Waals surface area contributed by atoms with Gasteiger partial charge in [-0.25, -0.2) is 0 Å². The predicted molar refractivity (Wildman–Crippen MR) is 66.8 cm³/mol. The van der Waals surface area contributed by atoms with Crippen molar-refractivity contribution in [2.75, 3.05) is 0 Å². The van der Waals surface area contributed by atoms with Crippen molar-refractivity contribution in [3.8, 4) is 0 Å². The molecule has 1 aromatic rings. The van der Waals surface area contributed by atoms with Crippen LogP contribution in [0.4, 0.5) is 0 Å². The summed E-state index contributed by atoms with van der Waals surface area (Å²) in [6, 6.07) is 5.70. The van der Waals surface area contributed by atoms with E-state index < -0.39 is 18.0 Å². The highest BCUT2D eigenvalue weighted by Crippen LogP contribution is 2.32. The third-order valence-electron chi connectivity index (χ3n) is 3.18. The van der Waals surface area contributed by atoms with E-state index in [1.807, 2.05) is 45.9 Å². The number of aliphatic hydroxyl groups excluding tert-OH is 1. The molecule has 0 radical (unpaired) electrons. The molecule has 0 heterocycles. The SMILES string of the molecule is Cc1cccc(C)c1C(O)C(C(=O)O)C(C)C. The molecule has 2 unspecified atom stereocenters. The Labute approximate surface area is 102 Å². The van der Waals surface area contributed by atoms with Gasteiger partial charge in [0.1, 0.15) is 0 Å². The summed E-state index contributed by atoms with van der Waals surface area (Å²) in [5, 5.41) is 19.5. The lowest BCUT2D eigenvalue weighted by Crippen LogP contribution is -2.27. The van der Waals surface area contributed by atoms with Gasteiger partial charge in [0.25, 0.3) is 0 Å². The Morgan fingerprint density at radius 1 is 1.18 bits per heavy atom. The van der Waals surface area contributed by atoms with Crippen LogP contribution in [0.15, 0.2) is 18.2 Å². The molecular formula is C14H20O3. The molecule has 0 aliphatic carbocycles. The molecule has 0 aromatic heterocycles. The van der Waals surface area contributed by atoms with Gasteiger partial charge in [-0.05, 0) is 36.5 Å². The van der Waals surface area contributed by atoms with E-state index in [1.54, 1.807) is 0 Å². The Hall–Kier alpha value is -1.35. The summed E-state index contributed by atoms with van der Waals surface area (Å²) in [5.74, 6) is -1.83. The monoisotopic (exact) mass is 236 g/mol. The Balaban J connectivity index is 3.18. The third kappa shape index (κ3) is 2.86. The first-order valence-corrected chi connectivity index (χ1v) is 5.83. The summed E-state index contributed by atoms with van der Waals surface area (Å²) >= 11 is 0. The summed E-state index contributed by atoms with van der Waals surface area (Å²) in [4.78, 5) is 11.2. The number of aryl methyl sites for hydroxylation is 2. The Bertz CT molecular complexity index is 390. The lowest BCUT2D eigenvalue weighted by Gasteiger charge is -2.25. The van der Waals surface area contributed by atoms with Crippen molar-refractivity contribution in [1.29, 1.82) is 0 Å². The molecule has 17 heavy (non-hydrogen) atoms. The van der Waals surface area contributed by atoms with E-state index in [4.69, 9.17) is 0 Å². The topological polar surface area (TPSA) is 57.5 Å². The van der Waals surface area contributed by atoms with E-state index in [0.717, 1.165) is 16.7 Å². The van der Waals surface area contributed by atoms with Crippen LogP contribution in [0, 0.1) is 25.7 Å². The predicted octanol–water partition coefficient (Wildman–Crippen LogP) is 2.69. The number of aliphatic carboxylic acids is 1. The van der Waals surface area contributed by atoms with Crippen LogP contribution in [-0.4, -0.2) is 16.2 Å². The molecule has 1 rings (SSSR count). The molecule has 1 aromatic carbocycles. The molecule has 0 aliphatic rings. The van der Waals surface area contributed by atoms with Crippen LogP contribution in [0.25, 0.3) is 0 Å². The zero-order chi connectivity index (χ0) is 13.2. The second kappa shape index (κ2) is 5.32. The summed E-state index contributed by atoms with van der Waals surface area (Å²) in [6.07, 6.45) is -0.950. The van der Waals surface area contributed by atoms with Crippen molar-refractivity contribution in [3.63, 3.8) is 0 Å². The van der Waals surface area contributed by atoms with Gasteiger partial charge in [0.05, 0.1) is 12.0 Å². The fourth-order valence-electron chi connectivity index (χ4n) is 2.26. The van der Waals surface area contributed by atoms with Crippen LogP contribution in [0.1, 0.15) is 36.6 Å². The molecule has 0 aliphatic heterocycles. The number of carbonyl (C=O) groups is 1. The quantitative estimate of drug-likeness (QED) is 0.845. The second-order valence-electron chi connectivity index (χ2n) is 4.86. The molecule has 0 amide bonds. The minimum Gasteiger partial charge on any atom is -0.481 e. The summed E-state index contributed by atoms with van der Waals surface area (Å²) in [5.41, 5.74) is 2.61. The van der Waals surface area contributed by atoms with Gasteiger partial charge in [-0.2, -0.15) is 0 Å². The zero-order valence-electron chi connectivity index (χ0n) is 10.8. The molecule has 94 valence electrons. The molecule has 0 fully saturated rings. The molecule has 2 N–H and O–H groups in total. The van der Waals surface area contributed by atoms with Crippen molar-refractivity contribution in [2.45, 2.75) is 33.8 Å². The number of carboxylic acids is 1. The normalized spacial score (nSPS) is 14.7. The second-order valence-corrected chi connectivity index (χ2v) is 4.86. The highest BCUT2D eigenvalue weighted by atomic mass is 16.4. The first-order valence-electron chi connectivity index (χ1n) is 5.83. The van der Waals surface area contributed by atoms with E-state index in [9.17, 15) is 15.0 Å². The number of carboxylic acid groups (broad SMARTS) is 1. The van der Waals surface area contributed by atoms with Crippen molar-refractivity contribution < 1.29 is 15.0 Å². The van der Waals surface area contributed by atoms with Crippen LogP contribution in [0.3, 0.4) is 0 Å². The number of rotatable bonds is 4. The van der Waals surface area contributed by atoms with Gasteiger partial charge < -0.3 is 10.2 Å². The molecule has 0 saturated carbocycles. The standard InChI is InChI=1S/C14H20O3/c1-8(2)11(14(16)17)13(15)12-9(3)6-5-7-10(12)4/h5-8,11,13,15H,1-4H3,(H,16,17). The summed E-state index contributed by atoms with van der Waals surface area (Å²) in [7, 11) is 0. The number of hydrogen-bond donors (Lipinski definition) is 2. The Morgan fingerprint density at radius 3 is 2.00 bits per heavy atom. The molecule has 3 heteroatoms. The number of benzene rings is 1. The van der Waals surface area contributed by atoms with Gasteiger partial charge in [-0.1, -0.05) is 32.0 Å². The van der Waals surface area contributed by atoms with Gasteiger partial charge in [-0.15, -0.1) is 0 Å². The van der Waals surface area contributed by atoms with Gasteiger partial charge in [0.15, 0.2) is 0 Å². The average molecular weight is 236 g/mol. The first kappa shape index (κ1) is 13.7. The Morgan fingerprint density at radius 2 is 1.65 bits per heavy atom. The van der Waals surface area contributed by atoms with E-state index in [0.29, 0.717) is 0 Å². The maximum Gasteiger partial charge on any atom is 0.309 e.